The van der Waals surface area contributed by atoms with Gasteiger partial charge in [-0.2, -0.15) is 0 Å². The SMILES string of the molecule is Cc1ccc2nc(N)n(CCc3ccc(Cl)cc3Cl)c2c1. The topological polar surface area (TPSA) is 43.8 Å². The van der Waals surface area contributed by atoms with Crippen molar-refractivity contribution in [3.8, 4) is 0 Å². The van der Waals surface area contributed by atoms with E-state index in [0.717, 1.165) is 29.6 Å². The fraction of sp³-hybridized carbons (Fsp3) is 0.188. The van der Waals surface area contributed by atoms with E-state index in [-0.39, 0.29) is 0 Å². The summed E-state index contributed by atoms with van der Waals surface area (Å²) in [6, 6.07) is 11.7. The molecular weight excluding hydrogens is 305 g/mol. The van der Waals surface area contributed by atoms with Crippen LogP contribution in [0.3, 0.4) is 0 Å². The summed E-state index contributed by atoms with van der Waals surface area (Å²) >= 11 is 12.1. The molecule has 0 saturated carbocycles. The van der Waals surface area contributed by atoms with Crippen LogP contribution in [0.2, 0.25) is 10.0 Å². The van der Waals surface area contributed by atoms with Crippen LogP contribution in [0.15, 0.2) is 36.4 Å². The Bertz CT molecular complexity index is 809. The molecule has 108 valence electrons. The minimum atomic E-state index is 0.528. The second-order valence-electron chi connectivity index (χ2n) is 5.10. The van der Waals surface area contributed by atoms with Gasteiger partial charge in [0.25, 0.3) is 0 Å². The molecule has 3 rings (SSSR count). The van der Waals surface area contributed by atoms with Crippen LogP contribution in [0.1, 0.15) is 11.1 Å². The van der Waals surface area contributed by atoms with Crippen LogP contribution >= 0.6 is 23.2 Å². The molecule has 3 nitrogen and oxygen atoms in total. The highest BCUT2D eigenvalue weighted by Crippen LogP contribution is 2.24. The zero-order chi connectivity index (χ0) is 15.0. The summed E-state index contributed by atoms with van der Waals surface area (Å²) in [5.74, 6) is 0.528. The third-order valence-corrected chi connectivity index (χ3v) is 4.14. The van der Waals surface area contributed by atoms with Crippen molar-refractivity contribution in [3.63, 3.8) is 0 Å². The van der Waals surface area contributed by atoms with Crippen molar-refractivity contribution in [1.82, 2.24) is 9.55 Å². The molecule has 0 spiro atoms. The van der Waals surface area contributed by atoms with Crippen molar-refractivity contribution >= 4 is 40.2 Å². The van der Waals surface area contributed by atoms with E-state index in [4.69, 9.17) is 28.9 Å². The first kappa shape index (κ1) is 14.2. The van der Waals surface area contributed by atoms with Gasteiger partial charge >= 0.3 is 0 Å². The van der Waals surface area contributed by atoms with Crippen LogP contribution in [0, 0.1) is 6.92 Å². The highest BCUT2D eigenvalue weighted by atomic mass is 35.5. The molecule has 5 heteroatoms. The number of aromatic nitrogens is 2. The van der Waals surface area contributed by atoms with Gasteiger partial charge in [0.15, 0.2) is 0 Å². The second-order valence-corrected chi connectivity index (χ2v) is 5.94. The van der Waals surface area contributed by atoms with E-state index < -0.39 is 0 Å². The molecule has 0 unspecified atom stereocenters. The minimum absolute atomic E-state index is 0.528. The van der Waals surface area contributed by atoms with Gasteiger partial charge < -0.3 is 10.3 Å². The third-order valence-electron chi connectivity index (χ3n) is 3.55. The molecule has 1 aromatic heterocycles. The Hall–Kier alpha value is -1.71. The van der Waals surface area contributed by atoms with Crippen molar-refractivity contribution < 1.29 is 0 Å². The predicted molar refractivity (Wildman–Crippen MR) is 89.0 cm³/mol. The molecule has 1 heterocycles. The fourth-order valence-electron chi connectivity index (χ4n) is 2.44. The van der Waals surface area contributed by atoms with Crippen LogP contribution in [-0.2, 0) is 13.0 Å². The summed E-state index contributed by atoms with van der Waals surface area (Å²) in [6.45, 7) is 2.79. The van der Waals surface area contributed by atoms with E-state index in [2.05, 4.69) is 18.0 Å². The van der Waals surface area contributed by atoms with Crippen molar-refractivity contribution in [1.29, 1.82) is 0 Å². The van der Waals surface area contributed by atoms with Crippen LogP contribution in [-0.4, -0.2) is 9.55 Å². The van der Waals surface area contributed by atoms with E-state index in [1.807, 2.05) is 28.8 Å². The molecule has 2 aromatic carbocycles. The fourth-order valence-corrected chi connectivity index (χ4v) is 2.95. The Kier molecular flexibility index (Phi) is 3.79. The number of fused-ring (bicyclic) bond motifs is 1. The smallest absolute Gasteiger partial charge is 0.201 e. The first-order valence-electron chi connectivity index (χ1n) is 6.71. The molecule has 21 heavy (non-hydrogen) atoms. The second kappa shape index (κ2) is 5.58. The normalized spacial score (nSPS) is 11.2. The molecule has 0 fully saturated rings. The lowest BCUT2D eigenvalue weighted by atomic mass is 10.1. The average Bonchev–Trinajstić information content (AvgIpc) is 2.73. The van der Waals surface area contributed by atoms with Crippen LogP contribution in [0.5, 0.6) is 0 Å². The largest absolute Gasteiger partial charge is 0.369 e. The van der Waals surface area contributed by atoms with Crippen molar-refractivity contribution in [2.75, 3.05) is 5.73 Å². The molecule has 0 aliphatic rings. The van der Waals surface area contributed by atoms with Gasteiger partial charge in [-0.15, -0.1) is 0 Å². The number of nitrogen functional groups attached to an aromatic ring is 1. The molecule has 0 aliphatic heterocycles. The zero-order valence-corrected chi connectivity index (χ0v) is 13.1. The summed E-state index contributed by atoms with van der Waals surface area (Å²) in [5.41, 5.74) is 10.2. The molecule has 0 atom stereocenters. The first-order valence-corrected chi connectivity index (χ1v) is 7.46. The summed E-state index contributed by atoms with van der Waals surface area (Å²) < 4.78 is 2.02. The lowest BCUT2D eigenvalue weighted by Crippen LogP contribution is -2.06. The molecule has 2 N–H and O–H groups in total. The average molecular weight is 320 g/mol. The Morgan fingerprint density at radius 1 is 1.14 bits per heavy atom. The highest BCUT2D eigenvalue weighted by Gasteiger charge is 2.09. The molecule has 0 saturated heterocycles. The molecule has 0 radical (unpaired) electrons. The van der Waals surface area contributed by atoms with E-state index in [9.17, 15) is 0 Å². The highest BCUT2D eigenvalue weighted by molar-refractivity contribution is 6.35. The maximum Gasteiger partial charge on any atom is 0.201 e. The van der Waals surface area contributed by atoms with Crippen LogP contribution in [0.4, 0.5) is 5.95 Å². The molecule has 0 aliphatic carbocycles. The van der Waals surface area contributed by atoms with Gasteiger partial charge in [-0.05, 0) is 48.7 Å². The number of nitrogens with zero attached hydrogens (tertiary/aromatic N) is 2. The van der Waals surface area contributed by atoms with E-state index in [1.54, 1.807) is 6.07 Å². The molecule has 0 bridgehead atoms. The lowest BCUT2D eigenvalue weighted by Gasteiger charge is -2.08. The number of benzene rings is 2. The third kappa shape index (κ3) is 2.85. The number of rotatable bonds is 3. The van der Waals surface area contributed by atoms with Gasteiger partial charge in [0.05, 0.1) is 11.0 Å². The Morgan fingerprint density at radius 3 is 2.71 bits per heavy atom. The van der Waals surface area contributed by atoms with E-state index in [0.29, 0.717) is 16.0 Å². The summed E-state index contributed by atoms with van der Waals surface area (Å²) in [5, 5.41) is 1.33. The summed E-state index contributed by atoms with van der Waals surface area (Å²) in [6.07, 6.45) is 0.777. The van der Waals surface area contributed by atoms with Crippen molar-refractivity contribution in [3.05, 3.63) is 57.6 Å². The van der Waals surface area contributed by atoms with Gasteiger partial charge in [-0.25, -0.2) is 4.98 Å². The minimum Gasteiger partial charge on any atom is -0.369 e. The van der Waals surface area contributed by atoms with Gasteiger partial charge in [0, 0.05) is 16.6 Å². The van der Waals surface area contributed by atoms with Crippen molar-refractivity contribution in [2.24, 2.45) is 0 Å². The number of hydrogen-bond acceptors (Lipinski definition) is 2. The number of imidazole rings is 1. The summed E-state index contributed by atoms with van der Waals surface area (Å²) in [7, 11) is 0. The van der Waals surface area contributed by atoms with Gasteiger partial charge in [0.1, 0.15) is 0 Å². The van der Waals surface area contributed by atoms with Crippen molar-refractivity contribution in [2.45, 2.75) is 19.9 Å². The summed E-state index contributed by atoms with van der Waals surface area (Å²) in [4.78, 5) is 4.39. The predicted octanol–water partition coefficient (Wildman–Crippen LogP) is 4.48. The van der Waals surface area contributed by atoms with Gasteiger partial charge in [0.2, 0.25) is 5.95 Å². The Labute approximate surface area is 133 Å². The van der Waals surface area contributed by atoms with Crippen LogP contribution in [0.25, 0.3) is 11.0 Å². The lowest BCUT2D eigenvalue weighted by molar-refractivity contribution is 0.726. The number of anilines is 1. The van der Waals surface area contributed by atoms with Gasteiger partial charge in [-0.1, -0.05) is 35.3 Å². The monoisotopic (exact) mass is 319 g/mol. The first-order chi connectivity index (χ1) is 10.0. The number of nitrogens with two attached hydrogens (primary N) is 1. The van der Waals surface area contributed by atoms with E-state index in [1.165, 1.54) is 5.56 Å². The molecule has 0 amide bonds. The Morgan fingerprint density at radius 2 is 1.95 bits per heavy atom. The number of halogens is 2. The quantitative estimate of drug-likeness (QED) is 0.773. The molecule has 3 aromatic rings. The van der Waals surface area contributed by atoms with Crippen LogP contribution < -0.4 is 5.73 Å². The number of hydrogen-bond donors (Lipinski definition) is 1. The Balaban J connectivity index is 1.91. The standard InChI is InChI=1S/C16H15Cl2N3/c1-10-2-5-14-15(8-10)21(16(19)20-14)7-6-11-3-4-12(17)9-13(11)18/h2-5,8-9H,6-7H2,1H3,(H2,19,20). The molecular formula is C16H15Cl2N3. The maximum absolute atomic E-state index is 6.21. The maximum atomic E-state index is 6.21. The number of aryl methyl sites for hydroxylation is 3. The van der Waals surface area contributed by atoms with Gasteiger partial charge in [-0.3, -0.25) is 0 Å². The zero-order valence-electron chi connectivity index (χ0n) is 11.6. The van der Waals surface area contributed by atoms with E-state index >= 15 is 0 Å².